The van der Waals surface area contributed by atoms with E-state index in [0.717, 1.165) is 11.3 Å². The highest BCUT2D eigenvalue weighted by Crippen LogP contribution is 2.22. The normalized spacial score (nSPS) is 10.5. The molecule has 0 saturated heterocycles. The molecule has 1 aromatic heterocycles. The van der Waals surface area contributed by atoms with Crippen molar-refractivity contribution in [3.05, 3.63) is 83.7 Å². The molecule has 0 aliphatic heterocycles. The lowest BCUT2D eigenvalue weighted by Gasteiger charge is -2.11. The zero-order valence-corrected chi connectivity index (χ0v) is 17.8. The van der Waals surface area contributed by atoms with Gasteiger partial charge >= 0.3 is 6.03 Å². The third kappa shape index (κ3) is 6.30. The molecule has 7 nitrogen and oxygen atoms in total. The summed E-state index contributed by atoms with van der Waals surface area (Å²) in [6.07, 6.45) is 1.52. The van der Waals surface area contributed by atoms with Crippen molar-refractivity contribution in [2.24, 2.45) is 0 Å². The fourth-order valence-corrected chi connectivity index (χ4v) is 2.87. The Kier molecular flexibility index (Phi) is 7.22. The molecule has 31 heavy (non-hydrogen) atoms. The van der Waals surface area contributed by atoms with Gasteiger partial charge in [-0.15, -0.1) is 0 Å². The van der Waals surface area contributed by atoms with Gasteiger partial charge in [-0.3, -0.25) is 9.78 Å². The zero-order valence-electron chi connectivity index (χ0n) is 17.8. The highest BCUT2D eigenvalue weighted by molar-refractivity contribution is 5.92. The number of nitrogens with zero attached hydrogens (tertiary/aromatic N) is 1. The predicted octanol–water partition coefficient (Wildman–Crippen LogP) is 4.68. The van der Waals surface area contributed by atoms with E-state index in [1.165, 1.54) is 11.8 Å². The van der Waals surface area contributed by atoms with E-state index in [2.05, 4.69) is 34.8 Å². The highest BCUT2D eigenvalue weighted by Gasteiger charge is 2.08. The Morgan fingerprint density at radius 3 is 2.48 bits per heavy atom. The fraction of sp³-hybridized carbons (Fsp3) is 0.208. The van der Waals surface area contributed by atoms with Crippen molar-refractivity contribution in [3.63, 3.8) is 0 Å². The number of rotatable bonds is 7. The van der Waals surface area contributed by atoms with Crippen molar-refractivity contribution < 1.29 is 14.3 Å². The Labute approximate surface area is 181 Å². The minimum Gasteiger partial charge on any atom is -0.457 e. The molecule has 0 atom stereocenters. The lowest BCUT2D eigenvalue weighted by Crippen LogP contribution is -2.28. The maximum atomic E-state index is 12.2. The van der Waals surface area contributed by atoms with Crippen LogP contribution in [0, 0.1) is 0 Å². The molecule has 3 N–H and O–H groups in total. The average molecular weight is 418 g/mol. The summed E-state index contributed by atoms with van der Waals surface area (Å²) in [4.78, 5) is 27.9. The van der Waals surface area contributed by atoms with Gasteiger partial charge in [-0.2, -0.15) is 0 Å². The number of carbonyl (C=O) groups is 2. The highest BCUT2D eigenvalue weighted by atomic mass is 16.5. The quantitative estimate of drug-likeness (QED) is 0.519. The summed E-state index contributed by atoms with van der Waals surface area (Å²) in [5.74, 6) is 1.25. The zero-order chi connectivity index (χ0) is 22.2. The van der Waals surface area contributed by atoms with Gasteiger partial charge in [-0.25, -0.2) is 4.79 Å². The van der Waals surface area contributed by atoms with Gasteiger partial charge in [-0.1, -0.05) is 38.1 Å². The summed E-state index contributed by atoms with van der Waals surface area (Å²) in [5, 5.41) is 8.23. The molecule has 3 aromatic rings. The molecule has 0 aliphatic carbocycles. The fourth-order valence-electron chi connectivity index (χ4n) is 2.87. The summed E-state index contributed by atoms with van der Waals surface area (Å²) in [6.45, 7) is 4.61. The first-order valence-electron chi connectivity index (χ1n) is 10.0. The maximum Gasteiger partial charge on any atom is 0.319 e. The lowest BCUT2D eigenvalue weighted by atomic mass is 10.0. The topological polar surface area (TPSA) is 92.4 Å². The van der Waals surface area contributed by atoms with Gasteiger partial charge in [0.25, 0.3) is 5.91 Å². The minimum absolute atomic E-state index is 0.264. The van der Waals surface area contributed by atoms with Crippen molar-refractivity contribution in [3.8, 4) is 11.5 Å². The van der Waals surface area contributed by atoms with Crippen LogP contribution in [0.1, 0.15) is 41.4 Å². The molecule has 2 aromatic carbocycles. The molecule has 3 rings (SSSR count). The van der Waals surface area contributed by atoms with E-state index in [4.69, 9.17) is 4.74 Å². The van der Waals surface area contributed by atoms with Crippen LogP contribution >= 0.6 is 0 Å². The molecule has 0 radical (unpaired) electrons. The van der Waals surface area contributed by atoms with Gasteiger partial charge in [0.1, 0.15) is 17.2 Å². The predicted molar refractivity (Wildman–Crippen MR) is 121 cm³/mol. The number of benzene rings is 2. The third-order valence-corrected chi connectivity index (χ3v) is 4.61. The molecule has 0 fully saturated rings. The number of ether oxygens (including phenoxy) is 1. The second kappa shape index (κ2) is 10.2. The van der Waals surface area contributed by atoms with Crippen molar-refractivity contribution in [2.75, 3.05) is 12.4 Å². The first-order chi connectivity index (χ1) is 14.9. The number of aromatic nitrogens is 1. The van der Waals surface area contributed by atoms with Crippen LogP contribution < -0.4 is 20.7 Å². The van der Waals surface area contributed by atoms with E-state index in [9.17, 15) is 9.59 Å². The summed E-state index contributed by atoms with van der Waals surface area (Å²) >= 11 is 0. The molecule has 0 unspecified atom stereocenters. The molecular formula is C24H26N4O3. The minimum atomic E-state index is -0.277. The largest absolute Gasteiger partial charge is 0.457 e. The van der Waals surface area contributed by atoms with Crippen LogP contribution in [0.25, 0.3) is 0 Å². The number of carbonyl (C=O) groups excluding carboxylic acids is 2. The Morgan fingerprint density at radius 2 is 1.77 bits per heavy atom. The molecule has 7 heteroatoms. The molecule has 0 spiro atoms. The average Bonchev–Trinajstić information content (AvgIpc) is 2.78. The van der Waals surface area contributed by atoms with Crippen LogP contribution in [-0.2, 0) is 6.54 Å². The molecule has 1 heterocycles. The van der Waals surface area contributed by atoms with Crippen LogP contribution in [0.3, 0.4) is 0 Å². The number of pyridine rings is 1. The number of nitrogens with one attached hydrogen (secondary N) is 3. The summed E-state index contributed by atoms with van der Waals surface area (Å²) in [6, 6.07) is 18.2. The maximum absolute atomic E-state index is 12.2. The van der Waals surface area contributed by atoms with E-state index in [1.54, 1.807) is 31.3 Å². The SMILES string of the molecule is CNC(=O)c1cc(Oc2ccc(CNC(=O)Nc3cccc(C(C)C)c3)cc2)ccn1. The first kappa shape index (κ1) is 21.8. The monoisotopic (exact) mass is 418 g/mol. The van der Waals surface area contributed by atoms with Gasteiger partial charge in [0.05, 0.1) is 0 Å². The molecule has 0 aliphatic rings. The number of hydrogen-bond acceptors (Lipinski definition) is 4. The van der Waals surface area contributed by atoms with Crippen LogP contribution in [0.4, 0.5) is 10.5 Å². The van der Waals surface area contributed by atoms with Crippen molar-refractivity contribution in [1.82, 2.24) is 15.6 Å². The first-order valence-corrected chi connectivity index (χ1v) is 10.0. The Balaban J connectivity index is 1.53. The van der Waals surface area contributed by atoms with Crippen LogP contribution in [0.15, 0.2) is 66.9 Å². The van der Waals surface area contributed by atoms with Crippen LogP contribution in [0.5, 0.6) is 11.5 Å². The van der Waals surface area contributed by atoms with E-state index >= 15 is 0 Å². The standard InChI is InChI=1S/C24H26N4O3/c1-16(2)18-5-4-6-19(13-18)28-24(30)27-15-17-7-9-20(10-8-17)31-21-11-12-26-22(14-21)23(29)25-3/h4-14,16H,15H2,1-3H3,(H,25,29)(H2,27,28,30). The van der Waals surface area contributed by atoms with Crippen molar-refractivity contribution in [2.45, 2.75) is 26.3 Å². The number of urea groups is 1. The summed E-state index contributed by atoms with van der Waals surface area (Å²) in [5.41, 5.74) is 3.15. The molecule has 160 valence electrons. The molecule has 0 bridgehead atoms. The number of hydrogen-bond donors (Lipinski definition) is 3. The van der Waals surface area contributed by atoms with Crippen LogP contribution in [0.2, 0.25) is 0 Å². The smallest absolute Gasteiger partial charge is 0.319 e. The lowest BCUT2D eigenvalue weighted by molar-refractivity contribution is 0.0958. The third-order valence-electron chi connectivity index (χ3n) is 4.61. The second-order valence-corrected chi connectivity index (χ2v) is 7.29. The molecule has 0 saturated carbocycles. The number of amides is 3. The van der Waals surface area contributed by atoms with Gasteiger partial charge in [0.15, 0.2) is 0 Å². The van der Waals surface area contributed by atoms with E-state index < -0.39 is 0 Å². The van der Waals surface area contributed by atoms with Gasteiger partial charge in [-0.05, 0) is 47.4 Å². The van der Waals surface area contributed by atoms with E-state index in [0.29, 0.717) is 24.0 Å². The summed E-state index contributed by atoms with van der Waals surface area (Å²) in [7, 11) is 1.55. The summed E-state index contributed by atoms with van der Waals surface area (Å²) < 4.78 is 5.78. The van der Waals surface area contributed by atoms with Crippen molar-refractivity contribution in [1.29, 1.82) is 0 Å². The van der Waals surface area contributed by atoms with Gasteiger partial charge < -0.3 is 20.7 Å². The van der Waals surface area contributed by atoms with Gasteiger partial charge in [0, 0.05) is 31.5 Å². The second-order valence-electron chi connectivity index (χ2n) is 7.29. The number of anilines is 1. The Bertz CT molecular complexity index is 1050. The van der Waals surface area contributed by atoms with Crippen molar-refractivity contribution >= 4 is 17.6 Å². The van der Waals surface area contributed by atoms with E-state index in [-0.39, 0.29) is 17.6 Å². The molecule has 3 amide bonds. The van der Waals surface area contributed by atoms with Crippen LogP contribution in [-0.4, -0.2) is 24.0 Å². The molecular weight excluding hydrogens is 392 g/mol. The Morgan fingerprint density at radius 1 is 1.00 bits per heavy atom. The van der Waals surface area contributed by atoms with E-state index in [1.807, 2.05) is 36.4 Å². The Hall–Kier alpha value is -3.87. The van der Waals surface area contributed by atoms with Gasteiger partial charge in [0.2, 0.25) is 0 Å².